The largest absolute Gasteiger partial charge is 0.416 e. The Bertz CT molecular complexity index is 728. The minimum absolute atomic E-state index is 0.0174. The van der Waals surface area contributed by atoms with Crippen molar-refractivity contribution in [2.24, 2.45) is 11.8 Å². The van der Waals surface area contributed by atoms with Crippen molar-refractivity contribution in [3.05, 3.63) is 35.4 Å². The smallest absolute Gasteiger partial charge is 0.343 e. The van der Waals surface area contributed by atoms with E-state index in [4.69, 9.17) is 0 Å². The van der Waals surface area contributed by atoms with Crippen LogP contribution in [-0.4, -0.2) is 47.8 Å². The van der Waals surface area contributed by atoms with Crippen molar-refractivity contribution in [2.75, 3.05) is 20.1 Å². The quantitative estimate of drug-likeness (QED) is 0.799. The van der Waals surface area contributed by atoms with Crippen LogP contribution >= 0.6 is 0 Å². The zero-order valence-corrected chi connectivity index (χ0v) is 15.8. The second-order valence-corrected chi connectivity index (χ2v) is 7.90. The van der Waals surface area contributed by atoms with E-state index in [0.717, 1.165) is 25.0 Å². The Morgan fingerprint density at radius 3 is 2.41 bits per heavy atom. The molecular weight excluding hydrogens is 357 g/mol. The second kappa shape index (κ2) is 7.17. The fourth-order valence-corrected chi connectivity index (χ4v) is 3.62. The first-order valence-electron chi connectivity index (χ1n) is 9.32. The van der Waals surface area contributed by atoms with Crippen molar-refractivity contribution >= 4 is 11.8 Å². The summed E-state index contributed by atoms with van der Waals surface area (Å²) in [5.74, 6) is -1.04. The molecule has 148 valence electrons. The van der Waals surface area contributed by atoms with Gasteiger partial charge in [0.15, 0.2) is 0 Å². The van der Waals surface area contributed by atoms with Crippen LogP contribution in [0.25, 0.3) is 0 Å². The molecule has 2 atom stereocenters. The van der Waals surface area contributed by atoms with E-state index in [1.807, 2.05) is 13.8 Å². The Morgan fingerprint density at radius 1 is 1.19 bits per heavy atom. The maximum absolute atomic E-state index is 13.1. The molecule has 1 aliphatic heterocycles. The Labute approximate surface area is 157 Å². The van der Waals surface area contributed by atoms with Crippen LogP contribution in [0.4, 0.5) is 13.2 Å². The van der Waals surface area contributed by atoms with Gasteiger partial charge in [0.2, 0.25) is 11.8 Å². The van der Waals surface area contributed by atoms with Gasteiger partial charge in [0.1, 0.15) is 0 Å². The molecule has 1 heterocycles. The standard InChI is InChI=1S/C20H25F3N2O2/c1-12(2)24(3)19(27)17-11-25(18(26)13-7-8-13)10-16(17)14-5-4-6-15(9-14)20(21,22)23/h4-6,9,12-13,16-17H,7-8,10-11H2,1-3H3. The van der Waals surface area contributed by atoms with Crippen LogP contribution in [0.5, 0.6) is 0 Å². The summed E-state index contributed by atoms with van der Waals surface area (Å²) in [4.78, 5) is 28.7. The third kappa shape index (κ3) is 4.12. The summed E-state index contributed by atoms with van der Waals surface area (Å²) in [6.07, 6.45) is -2.73. The normalized spacial score (nSPS) is 23.0. The molecular formula is C20H25F3N2O2. The highest BCUT2D eigenvalue weighted by molar-refractivity contribution is 5.85. The molecule has 3 rings (SSSR count). The number of nitrogens with zero attached hydrogens (tertiary/aromatic N) is 2. The fourth-order valence-electron chi connectivity index (χ4n) is 3.62. The van der Waals surface area contributed by atoms with Gasteiger partial charge in [-0.2, -0.15) is 13.2 Å². The molecule has 0 bridgehead atoms. The van der Waals surface area contributed by atoms with Gasteiger partial charge in [0, 0.05) is 38.0 Å². The van der Waals surface area contributed by atoms with Gasteiger partial charge >= 0.3 is 6.18 Å². The van der Waals surface area contributed by atoms with Gasteiger partial charge in [-0.05, 0) is 38.3 Å². The van der Waals surface area contributed by atoms with Crippen molar-refractivity contribution in [1.29, 1.82) is 0 Å². The van der Waals surface area contributed by atoms with Crippen molar-refractivity contribution in [3.63, 3.8) is 0 Å². The number of carbonyl (C=O) groups excluding carboxylic acids is 2. The third-order valence-corrected chi connectivity index (χ3v) is 5.64. The van der Waals surface area contributed by atoms with E-state index in [1.54, 1.807) is 22.9 Å². The van der Waals surface area contributed by atoms with Crippen LogP contribution in [0.15, 0.2) is 24.3 Å². The van der Waals surface area contributed by atoms with Crippen LogP contribution in [-0.2, 0) is 15.8 Å². The van der Waals surface area contributed by atoms with Crippen LogP contribution in [0.3, 0.4) is 0 Å². The summed E-state index contributed by atoms with van der Waals surface area (Å²) in [6, 6.07) is 5.12. The molecule has 0 N–H and O–H groups in total. The summed E-state index contributed by atoms with van der Waals surface area (Å²) in [5, 5.41) is 0. The number of halogens is 3. The highest BCUT2D eigenvalue weighted by Gasteiger charge is 2.45. The van der Waals surface area contributed by atoms with Gasteiger partial charge in [-0.1, -0.05) is 18.2 Å². The van der Waals surface area contributed by atoms with E-state index >= 15 is 0 Å². The lowest BCUT2D eigenvalue weighted by atomic mass is 9.87. The highest BCUT2D eigenvalue weighted by Crippen LogP contribution is 2.40. The first-order chi connectivity index (χ1) is 12.6. The first kappa shape index (κ1) is 19.7. The molecule has 2 unspecified atom stereocenters. The first-order valence-corrected chi connectivity index (χ1v) is 9.32. The van der Waals surface area contributed by atoms with Crippen LogP contribution in [0, 0.1) is 11.8 Å². The summed E-state index contributed by atoms with van der Waals surface area (Å²) in [6.45, 7) is 4.34. The molecule has 0 aromatic heterocycles. The number of alkyl halides is 3. The minimum atomic E-state index is -4.44. The van der Waals surface area contributed by atoms with E-state index < -0.39 is 23.6 Å². The van der Waals surface area contributed by atoms with Crippen LogP contribution in [0.2, 0.25) is 0 Å². The number of hydrogen-bond acceptors (Lipinski definition) is 2. The molecule has 1 aromatic carbocycles. The van der Waals surface area contributed by atoms with E-state index in [9.17, 15) is 22.8 Å². The van der Waals surface area contributed by atoms with Crippen molar-refractivity contribution in [3.8, 4) is 0 Å². The Morgan fingerprint density at radius 2 is 1.85 bits per heavy atom. The van der Waals surface area contributed by atoms with Gasteiger partial charge in [-0.25, -0.2) is 0 Å². The molecule has 7 heteroatoms. The predicted octanol–water partition coefficient (Wildman–Crippen LogP) is 3.52. The molecule has 2 aliphatic rings. The molecule has 1 aliphatic carbocycles. The number of hydrogen-bond donors (Lipinski definition) is 0. The Hall–Kier alpha value is -2.05. The van der Waals surface area contributed by atoms with Gasteiger partial charge in [0.05, 0.1) is 11.5 Å². The number of carbonyl (C=O) groups is 2. The molecule has 27 heavy (non-hydrogen) atoms. The van der Waals surface area contributed by atoms with Crippen molar-refractivity contribution in [1.82, 2.24) is 9.80 Å². The molecule has 1 saturated carbocycles. The number of likely N-dealkylation sites (tertiary alicyclic amines) is 1. The van der Waals surface area contributed by atoms with E-state index in [0.29, 0.717) is 12.1 Å². The molecule has 2 fully saturated rings. The van der Waals surface area contributed by atoms with Crippen LogP contribution < -0.4 is 0 Å². The zero-order chi connectivity index (χ0) is 19.9. The lowest BCUT2D eigenvalue weighted by Crippen LogP contribution is -2.40. The van der Waals surface area contributed by atoms with Crippen molar-refractivity contribution < 1.29 is 22.8 Å². The summed E-state index contributed by atoms with van der Waals surface area (Å²) >= 11 is 0. The summed E-state index contributed by atoms with van der Waals surface area (Å²) < 4.78 is 39.4. The SMILES string of the molecule is CC(C)N(C)C(=O)C1CN(C(=O)C2CC2)CC1c1cccc(C(F)(F)F)c1. The number of amides is 2. The summed E-state index contributed by atoms with van der Waals surface area (Å²) in [5.41, 5.74) is -0.262. The lowest BCUT2D eigenvalue weighted by molar-refractivity contribution is -0.138. The molecule has 1 aromatic rings. The second-order valence-electron chi connectivity index (χ2n) is 7.90. The van der Waals surface area contributed by atoms with Crippen LogP contribution in [0.1, 0.15) is 43.7 Å². The van der Waals surface area contributed by atoms with Gasteiger partial charge < -0.3 is 9.80 Å². The molecule has 4 nitrogen and oxygen atoms in total. The van der Waals surface area contributed by atoms with E-state index in [-0.39, 0.29) is 30.3 Å². The van der Waals surface area contributed by atoms with Gasteiger partial charge in [-0.3, -0.25) is 9.59 Å². The van der Waals surface area contributed by atoms with E-state index in [2.05, 4.69) is 0 Å². The summed E-state index contributed by atoms with van der Waals surface area (Å²) in [7, 11) is 1.70. The molecule has 0 spiro atoms. The monoisotopic (exact) mass is 382 g/mol. The maximum Gasteiger partial charge on any atom is 0.416 e. The Balaban J connectivity index is 1.91. The van der Waals surface area contributed by atoms with Gasteiger partial charge in [-0.15, -0.1) is 0 Å². The van der Waals surface area contributed by atoms with Gasteiger partial charge in [0.25, 0.3) is 0 Å². The highest BCUT2D eigenvalue weighted by atomic mass is 19.4. The fraction of sp³-hybridized carbons (Fsp3) is 0.600. The maximum atomic E-state index is 13.1. The number of benzene rings is 1. The zero-order valence-electron chi connectivity index (χ0n) is 15.8. The predicted molar refractivity (Wildman–Crippen MR) is 94.9 cm³/mol. The van der Waals surface area contributed by atoms with E-state index in [1.165, 1.54) is 6.07 Å². The topological polar surface area (TPSA) is 40.6 Å². The minimum Gasteiger partial charge on any atom is -0.343 e. The lowest BCUT2D eigenvalue weighted by Gasteiger charge is -2.27. The third-order valence-electron chi connectivity index (χ3n) is 5.64. The molecule has 1 saturated heterocycles. The number of rotatable bonds is 4. The molecule has 2 amide bonds. The average molecular weight is 382 g/mol. The average Bonchev–Trinajstić information content (AvgIpc) is 3.37. The van der Waals surface area contributed by atoms with Crippen molar-refractivity contribution in [2.45, 2.75) is 44.8 Å². The Kier molecular flexibility index (Phi) is 5.23. The molecule has 0 radical (unpaired) electrons.